The maximum Gasteiger partial charge on any atom is 0.128 e. The topological polar surface area (TPSA) is 53.4 Å². The minimum absolute atomic E-state index is 0. The Labute approximate surface area is 426 Å². The van der Waals surface area contributed by atoms with Crippen LogP contribution in [-0.2, 0) is 36.7 Å². The standard InChI is InChI=1S/C59H61NO2S2.2CH3.Hf/c1-34-18-40(50(61)42(20-34)58-26-36-22-54(3,30-58)28-55(4,23-36)31-58)52-48(38-12-7-9-16-46(38)63-52)44-14-11-15-45(60-44)49-39-13-8-10-17-47(39)64-53(49)41-19-35(2)21-43(51(41)62)59-27-37-24-56(5,32-59)29-57(6,25-37)33-59;;;/h7-21,36-37,61-62H,22-33H2,1-6H3;2*1H3;/q;2*-1;. The Morgan fingerprint density at radius 3 is 1.24 bits per heavy atom. The van der Waals surface area contributed by atoms with Crippen LogP contribution in [0.3, 0.4) is 0 Å². The summed E-state index contributed by atoms with van der Waals surface area (Å²) in [6, 6.07) is 33.1. The van der Waals surface area contributed by atoms with Crippen LogP contribution in [0.2, 0.25) is 0 Å². The number of aryl methyl sites for hydroxylation is 2. The quantitative estimate of drug-likeness (QED) is 0.129. The molecular weight excluding hydrogens is 1020 g/mol. The van der Waals surface area contributed by atoms with E-state index in [0.29, 0.717) is 33.2 Å². The molecule has 0 spiro atoms. The van der Waals surface area contributed by atoms with E-state index in [9.17, 15) is 10.2 Å². The molecule has 0 radical (unpaired) electrons. The molecule has 0 saturated heterocycles. The Kier molecular flexibility index (Phi) is 11.0. The molecule has 8 fully saturated rings. The average Bonchev–Trinajstić information content (AvgIpc) is 3.79. The zero-order valence-corrected chi connectivity index (χ0v) is 46.2. The predicted molar refractivity (Wildman–Crippen MR) is 281 cm³/mol. The number of aromatic hydroxyl groups is 2. The molecule has 6 heteroatoms. The molecule has 3 nitrogen and oxygen atoms in total. The van der Waals surface area contributed by atoms with E-state index >= 15 is 0 Å². The molecule has 8 bridgehead atoms. The van der Waals surface area contributed by atoms with E-state index in [4.69, 9.17) is 4.98 Å². The van der Waals surface area contributed by atoms with Crippen molar-refractivity contribution in [3.63, 3.8) is 0 Å². The summed E-state index contributed by atoms with van der Waals surface area (Å²) in [5.74, 6) is 2.42. The number of pyridine rings is 1. The molecular formula is C61H67HfNO2S2-2. The Bertz CT molecular complexity index is 2900. The van der Waals surface area contributed by atoms with Gasteiger partial charge in [-0.1, -0.05) is 82.3 Å². The molecule has 3 aromatic heterocycles. The summed E-state index contributed by atoms with van der Waals surface area (Å²) < 4.78 is 2.39. The SMILES string of the molecule is Cc1cc(-c2sc3ccccc3c2-c2cccc(-c3c(-c4cc(C)cc(C56CC7CC(C)(CC(C)(C7)C5)C6)c4O)sc4ccccc34)n2)c(O)c(C23CC4CC(C)(CC(C)(C4)C2)C3)c1.[CH3-].[CH3-].[Hf]. The predicted octanol–water partition coefficient (Wildman–Crippen LogP) is 17.6. The third kappa shape index (κ3) is 7.16. The van der Waals surface area contributed by atoms with Gasteiger partial charge in [-0.3, -0.25) is 0 Å². The minimum Gasteiger partial charge on any atom is -0.507 e. The van der Waals surface area contributed by atoms with Gasteiger partial charge in [0.2, 0.25) is 0 Å². The molecule has 4 aromatic carbocycles. The van der Waals surface area contributed by atoms with Crippen molar-refractivity contribution in [1.82, 2.24) is 4.98 Å². The Morgan fingerprint density at radius 1 is 0.493 bits per heavy atom. The summed E-state index contributed by atoms with van der Waals surface area (Å²) >= 11 is 3.56. The summed E-state index contributed by atoms with van der Waals surface area (Å²) in [5, 5.41) is 27.9. The van der Waals surface area contributed by atoms with Crippen molar-refractivity contribution in [1.29, 1.82) is 0 Å². The van der Waals surface area contributed by atoms with Gasteiger partial charge in [0.25, 0.3) is 0 Å². The fraction of sp³-hybridized carbons (Fsp3) is 0.426. The van der Waals surface area contributed by atoms with E-state index in [1.807, 2.05) is 0 Å². The van der Waals surface area contributed by atoms with Gasteiger partial charge in [-0.15, -0.1) is 22.7 Å². The van der Waals surface area contributed by atoms with Crippen molar-refractivity contribution in [3.05, 3.63) is 128 Å². The second-order valence-electron chi connectivity index (χ2n) is 24.3. The van der Waals surface area contributed by atoms with Crippen LogP contribution in [0.25, 0.3) is 63.6 Å². The normalized spacial score (nSPS) is 32.0. The molecule has 4 atom stereocenters. The number of hydrogen-bond acceptors (Lipinski definition) is 5. The molecule has 15 rings (SSSR count). The fourth-order valence-electron chi connectivity index (χ4n) is 17.9. The largest absolute Gasteiger partial charge is 0.507 e. The third-order valence-electron chi connectivity index (χ3n) is 17.8. The van der Waals surface area contributed by atoms with Crippen LogP contribution < -0.4 is 0 Å². The van der Waals surface area contributed by atoms with Crippen molar-refractivity contribution in [2.45, 2.75) is 129 Å². The second kappa shape index (κ2) is 15.7. The van der Waals surface area contributed by atoms with Crippen molar-refractivity contribution in [2.75, 3.05) is 0 Å². The van der Waals surface area contributed by atoms with Crippen molar-refractivity contribution < 1.29 is 36.1 Å². The first kappa shape index (κ1) is 47.1. The molecule has 0 amide bonds. The van der Waals surface area contributed by atoms with E-state index in [-0.39, 0.29) is 51.5 Å². The van der Waals surface area contributed by atoms with Crippen LogP contribution in [0.1, 0.15) is 127 Å². The summed E-state index contributed by atoms with van der Waals surface area (Å²) in [4.78, 5) is 7.85. The van der Waals surface area contributed by atoms with E-state index in [1.54, 1.807) is 22.7 Å². The van der Waals surface area contributed by atoms with Gasteiger partial charge < -0.3 is 25.1 Å². The number of thiophene rings is 2. The number of aromatic nitrogens is 1. The third-order valence-corrected chi connectivity index (χ3v) is 20.3. The van der Waals surface area contributed by atoms with E-state index < -0.39 is 0 Å². The van der Waals surface area contributed by atoms with Gasteiger partial charge in [0.1, 0.15) is 11.5 Å². The number of phenols is 2. The fourth-order valence-corrected chi connectivity index (χ4v) is 20.4. The molecule has 346 valence electrons. The first-order valence-electron chi connectivity index (χ1n) is 24.2. The molecule has 3 heterocycles. The monoisotopic (exact) mass is 1090 g/mol. The first-order chi connectivity index (χ1) is 30.5. The maximum absolute atomic E-state index is 12.8. The van der Waals surface area contributed by atoms with E-state index in [1.165, 1.54) is 119 Å². The van der Waals surface area contributed by atoms with Crippen LogP contribution in [-0.4, -0.2) is 15.2 Å². The van der Waals surface area contributed by atoms with Gasteiger partial charge in [0.05, 0.1) is 11.4 Å². The number of hydrogen-bond donors (Lipinski definition) is 2. The van der Waals surface area contributed by atoms with Crippen molar-refractivity contribution >= 4 is 42.8 Å². The summed E-state index contributed by atoms with van der Waals surface area (Å²) in [7, 11) is 0. The molecule has 8 aliphatic rings. The van der Waals surface area contributed by atoms with Gasteiger partial charge in [-0.25, -0.2) is 4.98 Å². The molecule has 0 aliphatic heterocycles. The number of rotatable bonds is 6. The summed E-state index contributed by atoms with van der Waals surface area (Å²) in [5.41, 5.74) is 12.0. The Hall–Kier alpha value is -3.58. The zero-order valence-electron chi connectivity index (χ0n) is 41.0. The van der Waals surface area contributed by atoms with Crippen LogP contribution >= 0.6 is 22.7 Å². The van der Waals surface area contributed by atoms with Gasteiger partial charge in [-0.05, 0) is 172 Å². The van der Waals surface area contributed by atoms with E-state index in [2.05, 4.69) is 133 Å². The van der Waals surface area contributed by atoms with Crippen LogP contribution in [0.4, 0.5) is 0 Å². The van der Waals surface area contributed by atoms with Crippen molar-refractivity contribution in [2.24, 2.45) is 33.5 Å². The number of benzene rings is 4. The first-order valence-corrected chi connectivity index (χ1v) is 25.9. The zero-order chi connectivity index (χ0) is 43.8. The maximum atomic E-state index is 12.8. The van der Waals surface area contributed by atoms with Crippen LogP contribution in [0.15, 0.2) is 91.0 Å². The van der Waals surface area contributed by atoms with Crippen molar-refractivity contribution in [3.8, 4) is 54.9 Å². The number of phenolic OH excluding ortho intramolecular Hbond substituents is 2. The second-order valence-corrected chi connectivity index (χ2v) is 26.4. The van der Waals surface area contributed by atoms with Crippen LogP contribution in [0, 0.1) is 62.2 Å². The van der Waals surface area contributed by atoms with Gasteiger partial charge >= 0.3 is 0 Å². The van der Waals surface area contributed by atoms with Crippen LogP contribution in [0.5, 0.6) is 11.5 Å². The van der Waals surface area contributed by atoms with Gasteiger partial charge in [0, 0.05) is 100.0 Å². The number of fused-ring (bicyclic) bond motifs is 2. The molecule has 7 aromatic rings. The Balaban J connectivity index is 0.00000175. The molecule has 67 heavy (non-hydrogen) atoms. The smallest absolute Gasteiger partial charge is 0.128 e. The molecule has 8 aliphatic carbocycles. The van der Waals surface area contributed by atoms with E-state index in [0.717, 1.165) is 55.2 Å². The summed E-state index contributed by atoms with van der Waals surface area (Å²) in [6.07, 6.45) is 15.0. The molecule has 8 saturated carbocycles. The van der Waals surface area contributed by atoms with Gasteiger partial charge in [-0.2, -0.15) is 0 Å². The summed E-state index contributed by atoms with van der Waals surface area (Å²) in [6.45, 7) is 14.6. The Morgan fingerprint density at radius 2 is 0.866 bits per heavy atom. The average molecular weight is 1090 g/mol. The molecule has 4 unspecified atom stereocenters. The van der Waals surface area contributed by atoms with Gasteiger partial charge in [0.15, 0.2) is 0 Å². The minimum atomic E-state index is 0. The molecule has 2 N–H and O–H groups in total. The number of nitrogens with zero attached hydrogens (tertiary/aromatic N) is 1.